The summed E-state index contributed by atoms with van der Waals surface area (Å²) in [5, 5.41) is 6.08. The summed E-state index contributed by atoms with van der Waals surface area (Å²) in [7, 11) is 1.63. The molecule has 1 aliphatic carbocycles. The van der Waals surface area contributed by atoms with Crippen molar-refractivity contribution in [3.63, 3.8) is 0 Å². The average molecular weight is 485 g/mol. The van der Waals surface area contributed by atoms with Gasteiger partial charge in [-0.25, -0.2) is 23.7 Å². The van der Waals surface area contributed by atoms with Crippen molar-refractivity contribution in [2.45, 2.75) is 58.2 Å². The molecule has 12 heteroatoms. The van der Waals surface area contributed by atoms with Crippen LogP contribution in [0.15, 0.2) is 34.4 Å². The lowest BCUT2D eigenvalue weighted by Gasteiger charge is -2.43. The number of nitrogens with one attached hydrogen (secondary N) is 3. The average Bonchev–Trinajstić information content (AvgIpc) is 3.27. The predicted molar refractivity (Wildman–Crippen MR) is 126 cm³/mol. The molecule has 0 bridgehead atoms. The number of alkyl halides is 2. The van der Waals surface area contributed by atoms with Crippen molar-refractivity contribution in [3.8, 4) is 11.3 Å². The van der Waals surface area contributed by atoms with E-state index < -0.39 is 13.0 Å². The highest BCUT2D eigenvalue weighted by atomic mass is 19.3. The lowest BCUT2D eigenvalue weighted by Crippen LogP contribution is -2.56. The molecular weight excluding hydrogens is 456 g/mol. The highest BCUT2D eigenvalue weighted by Crippen LogP contribution is 2.33. The van der Waals surface area contributed by atoms with Gasteiger partial charge in [-0.15, -0.1) is 0 Å². The Morgan fingerprint density at radius 3 is 2.83 bits per heavy atom. The Balaban J connectivity index is 1.58. The molecular formula is C23H27F2N9O. The minimum Gasteiger partial charge on any atom is -0.351 e. The van der Waals surface area contributed by atoms with E-state index in [0.29, 0.717) is 57.7 Å². The van der Waals surface area contributed by atoms with Gasteiger partial charge in [0.05, 0.1) is 19.7 Å². The van der Waals surface area contributed by atoms with Crippen LogP contribution in [0.3, 0.4) is 0 Å². The van der Waals surface area contributed by atoms with Gasteiger partial charge >= 0.3 is 0 Å². The van der Waals surface area contributed by atoms with Crippen LogP contribution in [-0.4, -0.2) is 60.1 Å². The fraction of sp³-hybridized carbons (Fsp3) is 0.435. The predicted octanol–water partition coefficient (Wildman–Crippen LogP) is 2.07. The summed E-state index contributed by atoms with van der Waals surface area (Å²) in [5.74, 6) is 0.390. The zero-order chi connectivity index (χ0) is 25.8. The van der Waals surface area contributed by atoms with Gasteiger partial charge in [-0.1, -0.05) is 0 Å². The van der Waals surface area contributed by atoms with E-state index in [2.05, 4.69) is 30.4 Å². The quantitative estimate of drug-likeness (QED) is 0.402. The van der Waals surface area contributed by atoms with E-state index in [4.69, 9.17) is 6.36 Å². The van der Waals surface area contributed by atoms with E-state index in [1.165, 1.54) is 11.5 Å². The van der Waals surface area contributed by atoms with Gasteiger partial charge in [0, 0.05) is 31.2 Å². The third-order valence-corrected chi connectivity index (χ3v) is 6.26. The van der Waals surface area contributed by atoms with Crippen LogP contribution in [0.5, 0.6) is 0 Å². The first-order valence-corrected chi connectivity index (χ1v) is 11.3. The number of aromatic amines is 2. The summed E-state index contributed by atoms with van der Waals surface area (Å²) in [6.07, 6.45) is -0.979. The molecule has 0 radical (unpaired) electrons. The molecule has 0 unspecified atom stereocenters. The van der Waals surface area contributed by atoms with E-state index in [9.17, 15) is 13.6 Å². The molecule has 0 atom stereocenters. The number of imidazole rings is 1. The van der Waals surface area contributed by atoms with Gasteiger partial charge in [0.1, 0.15) is 16.9 Å². The Labute approximate surface area is 200 Å². The first-order valence-electron chi connectivity index (χ1n) is 11.8. The number of aryl methyl sites for hydroxylation is 1. The molecule has 0 aromatic carbocycles. The molecule has 10 nitrogen and oxygen atoms in total. The Hall–Kier alpha value is -3.83. The fourth-order valence-electron chi connectivity index (χ4n) is 4.83. The van der Waals surface area contributed by atoms with Crippen molar-refractivity contribution in [1.82, 2.24) is 34.4 Å². The lowest BCUT2D eigenvalue weighted by atomic mass is 9.74. The van der Waals surface area contributed by atoms with E-state index in [-0.39, 0.29) is 23.7 Å². The molecule has 1 aliphatic rings. The van der Waals surface area contributed by atoms with Crippen LogP contribution in [0.4, 0.5) is 8.78 Å². The summed E-state index contributed by atoms with van der Waals surface area (Å²) in [6.45, 7) is 4.66. The van der Waals surface area contributed by atoms with Gasteiger partial charge in [0.25, 0.3) is 6.43 Å². The first kappa shape index (κ1) is 21.7. The topological polar surface area (TPSA) is 121 Å². The van der Waals surface area contributed by atoms with Crippen molar-refractivity contribution in [3.05, 3.63) is 41.3 Å². The van der Waals surface area contributed by atoms with Crippen LogP contribution in [0, 0.1) is 6.92 Å². The molecule has 1 saturated carbocycles. The summed E-state index contributed by atoms with van der Waals surface area (Å²) >= 11 is 0. The highest BCUT2D eigenvalue weighted by molar-refractivity contribution is 5.82. The molecule has 0 saturated heterocycles. The molecule has 0 spiro atoms. The van der Waals surface area contributed by atoms with Crippen molar-refractivity contribution in [1.29, 1.82) is 0 Å². The second kappa shape index (κ2) is 8.43. The zero-order valence-corrected chi connectivity index (χ0v) is 19.9. The SMILES string of the molecule is [2H]c1cc(-c2ccc3nc(C)n(CC(F)F)c3n2)c2c(=NC)[nH]c(=NC3CC(C)(NC(C)=O)C3)[nH]n12. The standard InChI is InChI=1S/C23H27F2N9O/c1-12-27-17-6-5-16(29-21(17)33(12)11-18(24)25)15-7-8-34-19(15)20(26-4)30-22(32-34)28-14-9-23(3,10-14)31-13(2)35/h5-8,14,18H,9-11H2,1-4H3,(H,31,35)(H2,26,28,30,32)/i8D. The molecule has 1 fully saturated rings. The number of nitrogens with zero attached hydrogens (tertiary/aromatic N) is 6. The van der Waals surface area contributed by atoms with Gasteiger partial charge in [-0.2, -0.15) is 0 Å². The van der Waals surface area contributed by atoms with Crippen LogP contribution < -0.4 is 16.4 Å². The number of hydrogen-bond donors (Lipinski definition) is 3. The number of H-pyrrole nitrogens is 2. The van der Waals surface area contributed by atoms with Crippen molar-refractivity contribution in [2.75, 3.05) is 7.05 Å². The van der Waals surface area contributed by atoms with Gasteiger partial charge in [0.15, 0.2) is 11.1 Å². The van der Waals surface area contributed by atoms with Crippen LogP contribution in [0.1, 0.15) is 33.9 Å². The molecule has 5 rings (SSSR count). The fourth-order valence-corrected chi connectivity index (χ4v) is 4.83. The third kappa shape index (κ3) is 4.24. The van der Waals surface area contributed by atoms with Gasteiger partial charge in [-0.3, -0.25) is 19.4 Å². The molecule has 3 N–H and O–H groups in total. The smallest absolute Gasteiger partial charge is 0.256 e. The third-order valence-electron chi connectivity index (χ3n) is 6.26. The van der Waals surface area contributed by atoms with Gasteiger partial charge in [-0.05, 0) is 44.9 Å². The summed E-state index contributed by atoms with van der Waals surface area (Å²) in [6, 6.07) is 5.14. The monoisotopic (exact) mass is 484 g/mol. The largest absolute Gasteiger partial charge is 0.351 e. The van der Waals surface area contributed by atoms with Crippen LogP contribution in [0.2, 0.25) is 0 Å². The van der Waals surface area contributed by atoms with Crippen molar-refractivity contribution < 1.29 is 14.9 Å². The Morgan fingerprint density at radius 2 is 2.14 bits per heavy atom. The second-order valence-corrected chi connectivity index (χ2v) is 9.16. The Bertz CT molecular complexity index is 1620. The number of rotatable bonds is 5. The van der Waals surface area contributed by atoms with Gasteiger partial charge in [0.2, 0.25) is 11.5 Å². The lowest BCUT2D eigenvalue weighted by molar-refractivity contribution is -0.121. The molecule has 4 heterocycles. The number of hydrogen-bond acceptors (Lipinski definition) is 5. The summed E-state index contributed by atoms with van der Waals surface area (Å²) in [4.78, 5) is 32.6. The number of amides is 1. The van der Waals surface area contributed by atoms with E-state index in [0.717, 1.165) is 0 Å². The van der Waals surface area contributed by atoms with Crippen LogP contribution >= 0.6 is 0 Å². The van der Waals surface area contributed by atoms with Crippen molar-refractivity contribution in [2.24, 2.45) is 9.98 Å². The van der Waals surface area contributed by atoms with Gasteiger partial charge < -0.3 is 14.9 Å². The molecule has 184 valence electrons. The van der Waals surface area contributed by atoms with Crippen molar-refractivity contribution >= 4 is 22.6 Å². The molecule has 4 aromatic heterocycles. The summed E-state index contributed by atoms with van der Waals surface area (Å²) < 4.78 is 37.8. The maximum absolute atomic E-state index is 13.1. The molecule has 4 aromatic rings. The van der Waals surface area contributed by atoms with E-state index in [1.807, 2.05) is 6.92 Å². The summed E-state index contributed by atoms with van der Waals surface area (Å²) in [5.41, 5.74) is 3.26. The maximum Gasteiger partial charge on any atom is 0.256 e. The number of carbonyl (C=O) groups is 1. The number of carbonyl (C=O) groups excluding carboxylic acids is 1. The normalized spacial score (nSPS) is 21.7. The number of halogens is 2. The molecule has 35 heavy (non-hydrogen) atoms. The Kier molecular flexibility index (Phi) is 5.23. The van der Waals surface area contributed by atoms with Crippen LogP contribution in [-0.2, 0) is 11.3 Å². The van der Waals surface area contributed by atoms with E-state index >= 15 is 0 Å². The van der Waals surface area contributed by atoms with Crippen LogP contribution in [0.25, 0.3) is 27.9 Å². The maximum atomic E-state index is 13.1. The number of pyridine rings is 1. The minimum atomic E-state index is -2.54. The first-order chi connectivity index (χ1) is 17.1. The minimum absolute atomic E-state index is 0.00292. The van der Waals surface area contributed by atoms with E-state index in [1.54, 1.807) is 36.7 Å². The highest BCUT2D eigenvalue weighted by Gasteiger charge is 2.40. The number of fused-ring (bicyclic) bond motifs is 2. The second-order valence-electron chi connectivity index (χ2n) is 9.16. The molecule has 0 aliphatic heterocycles. The Morgan fingerprint density at radius 1 is 1.37 bits per heavy atom. The zero-order valence-electron chi connectivity index (χ0n) is 20.9. The molecule has 1 amide bonds. The number of aromatic nitrogens is 6.